The number of nitrogens with zero attached hydrogens (tertiary/aromatic N) is 2. The third kappa shape index (κ3) is 2.20. The molecule has 2 amide bonds. The Hall–Kier alpha value is -1.71. The van der Waals surface area contributed by atoms with Gasteiger partial charge in [0.05, 0.1) is 13.7 Å². The van der Waals surface area contributed by atoms with Gasteiger partial charge < -0.3 is 14.5 Å². The van der Waals surface area contributed by atoms with Crippen LogP contribution in [0.25, 0.3) is 0 Å². The van der Waals surface area contributed by atoms with Gasteiger partial charge in [-0.15, -0.1) is 0 Å². The molecule has 0 bridgehead atoms. The Balaban J connectivity index is 2.26. The number of hydrogen-bond donors (Lipinski definition) is 0. The SMILES string of the molecule is COc1cccc2c1CN(C(=O)N(C)C)CC2. The van der Waals surface area contributed by atoms with Crippen LogP contribution in [-0.2, 0) is 13.0 Å². The molecule has 2 rings (SSSR count). The lowest BCUT2D eigenvalue weighted by Crippen LogP contribution is -2.42. The molecule has 0 radical (unpaired) electrons. The number of methoxy groups -OCH3 is 1. The number of rotatable bonds is 1. The van der Waals surface area contributed by atoms with Crippen LogP contribution in [0, 0.1) is 0 Å². The standard InChI is InChI=1S/C13H18N2O2/c1-14(2)13(16)15-8-7-10-5-4-6-12(17-3)11(10)9-15/h4-6H,7-9H2,1-3H3. The smallest absolute Gasteiger partial charge is 0.319 e. The highest BCUT2D eigenvalue weighted by molar-refractivity contribution is 5.74. The molecule has 1 aliphatic heterocycles. The topological polar surface area (TPSA) is 32.8 Å². The molecule has 0 aromatic heterocycles. The maximum Gasteiger partial charge on any atom is 0.319 e. The van der Waals surface area contributed by atoms with Crippen LogP contribution in [0.5, 0.6) is 5.75 Å². The summed E-state index contributed by atoms with van der Waals surface area (Å²) in [5, 5.41) is 0. The highest BCUT2D eigenvalue weighted by Crippen LogP contribution is 2.28. The van der Waals surface area contributed by atoms with Gasteiger partial charge in [-0.2, -0.15) is 0 Å². The Labute approximate surface area is 102 Å². The van der Waals surface area contributed by atoms with Crippen molar-refractivity contribution in [2.45, 2.75) is 13.0 Å². The summed E-state index contributed by atoms with van der Waals surface area (Å²) in [6.07, 6.45) is 0.895. The highest BCUT2D eigenvalue weighted by atomic mass is 16.5. The first-order chi connectivity index (χ1) is 8.13. The quantitative estimate of drug-likeness (QED) is 0.741. The fourth-order valence-electron chi connectivity index (χ4n) is 2.19. The van der Waals surface area contributed by atoms with Crippen molar-refractivity contribution in [1.82, 2.24) is 9.80 Å². The summed E-state index contributed by atoms with van der Waals surface area (Å²) in [6, 6.07) is 6.11. The van der Waals surface area contributed by atoms with Crippen molar-refractivity contribution >= 4 is 6.03 Å². The Bertz CT molecular complexity index is 415. The van der Waals surface area contributed by atoms with Gasteiger partial charge in [-0.25, -0.2) is 4.79 Å². The minimum atomic E-state index is 0.0570. The molecule has 1 aromatic carbocycles. The summed E-state index contributed by atoms with van der Waals surface area (Å²) in [5.41, 5.74) is 2.42. The summed E-state index contributed by atoms with van der Waals surface area (Å²) in [5.74, 6) is 0.874. The van der Waals surface area contributed by atoms with Gasteiger partial charge in [-0.3, -0.25) is 0 Å². The second-order valence-electron chi connectivity index (χ2n) is 4.45. The first-order valence-electron chi connectivity index (χ1n) is 5.74. The van der Waals surface area contributed by atoms with E-state index in [-0.39, 0.29) is 6.03 Å². The van der Waals surface area contributed by atoms with Crippen molar-refractivity contribution < 1.29 is 9.53 Å². The number of carbonyl (C=O) groups is 1. The number of fused-ring (bicyclic) bond motifs is 1. The molecular weight excluding hydrogens is 216 g/mol. The van der Waals surface area contributed by atoms with Gasteiger partial charge in [0.1, 0.15) is 5.75 Å². The Morgan fingerprint density at radius 3 is 2.82 bits per heavy atom. The number of ether oxygens (including phenoxy) is 1. The molecule has 0 saturated carbocycles. The summed E-state index contributed by atoms with van der Waals surface area (Å²) in [6.45, 7) is 1.41. The molecule has 0 spiro atoms. The Morgan fingerprint density at radius 1 is 1.41 bits per heavy atom. The van der Waals surface area contributed by atoms with Crippen molar-refractivity contribution in [3.63, 3.8) is 0 Å². The van der Waals surface area contributed by atoms with Gasteiger partial charge in [0.2, 0.25) is 0 Å². The lowest BCUT2D eigenvalue weighted by atomic mass is 9.99. The number of benzene rings is 1. The van der Waals surface area contributed by atoms with Crippen molar-refractivity contribution in [1.29, 1.82) is 0 Å². The lowest BCUT2D eigenvalue weighted by Gasteiger charge is -2.31. The van der Waals surface area contributed by atoms with Crippen molar-refractivity contribution in [3.05, 3.63) is 29.3 Å². The number of urea groups is 1. The summed E-state index contributed by atoms with van der Waals surface area (Å²) < 4.78 is 5.35. The third-order valence-corrected chi connectivity index (χ3v) is 3.10. The van der Waals surface area contributed by atoms with E-state index in [0.717, 1.165) is 24.3 Å². The molecule has 4 heteroatoms. The monoisotopic (exact) mass is 234 g/mol. The van der Waals surface area contributed by atoms with Gasteiger partial charge in [0.25, 0.3) is 0 Å². The fourth-order valence-corrected chi connectivity index (χ4v) is 2.19. The van der Waals surface area contributed by atoms with Crippen LogP contribution in [0.4, 0.5) is 4.79 Å². The van der Waals surface area contributed by atoms with E-state index in [4.69, 9.17) is 4.74 Å². The third-order valence-electron chi connectivity index (χ3n) is 3.10. The maximum atomic E-state index is 11.9. The second-order valence-corrected chi connectivity index (χ2v) is 4.45. The number of amides is 2. The molecule has 0 unspecified atom stereocenters. The van der Waals surface area contributed by atoms with Crippen LogP contribution >= 0.6 is 0 Å². The van der Waals surface area contributed by atoms with Crippen LogP contribution in [-0.4, -0.2) is 43.6 Å². The normalized spacial score (nSPS) is 14.2. The van der Waals surface area contributed by atoms with Gasteiger partial charge in [0, 0.05) is 26.2 Å². The van der Waals surface area contributed by atoms with Crippen LogP contribution in [0.1, 0.15) is 11.1 Å². The molecule has 0 aliphatic carbocycles. The van der Waals surface area contributed by atoms with E-state index in [9.17, 15) is 4.79 Å². The molecule has 0 atom stereocenters. The fraction of sp³-hybridized carbons (Fsp3) is 0.462. The highest BCUT2D eigenvalue weighted by Gasteiger charge is 2.23. The average Bonchev–Trinajstić information content (AvgIpc) is 2.36. The molecule has 4 nitrogen and oxygen atoms in total. The first-order valence-corrected chi connectivity index (χ1v) is 5.74. The predicted molar refractivity (Wildman–Crippen MR) is 66.2 cm³/mol. The zero-order valence-electron chi connectivity index (χ0n) is 10.6. The molecule has 0 saturated heterocycles. The van der Waals surface area contributed by atoms with E-state index < -0.39 is 0 Å². The Kier molecular flexibility index (Phi) is 3.22. The zero-order chi connectivity index (χ0) is 12.4. The van der Waals surface area contributed by atoms with Gasteiger partial charge in [0.15, 0.2) is 0 Å². The second kappa shape index (κ2) is 4.65. The van der Waals surface area contributed by atoms with Gasteiger partial charge in [-0.1, -0.05) is 12.1 Å². The summed E-state index contributed by atoms with van der Waals surface area (Å²) in [7, 11) is 5.22. The number of carbonyl (C=O) groups excluding carboxylic acids is 1. The molecule has 0 N–H and O–H groups in total. The molecule has 17 heavy (non-hydrogen) atoms. The minimum absolute atomic E-state index is 0.0570. The predicted octanol–water partition coefficient (Wildman–Crippen LogP) is 1.73. The van der Waals surface area contributed by atoms with E-state index in [1.165, 1.54) is 5.56 Å². The molecule has 92 valence electrons. The molecule has 1 heterocycles. The van der Waals surface area contributed by atoms with Crippen molar-refractivity contribution in [2.24, 2.45) is 0 Å². The molecule has 0 fully saturated rings. The van der Waals surface area contributed by atoms with E-state index in [1.807, 2.05) is 17.0 Å². The van der Waals surface area contributed by atoms with Crippen molar-refractivity contribution in [2.75, 3.05) is 27.7 Å². The number of hydrogen-bond acceptors (Lipinski definition) is 2. The lowest BCUT2D eigenvalue weighted by molar-refractivity contribution is 0.165. The van der Waals surface area contributed by atoms with E-state index >= 15 is 0 Å². The largest absolute Gasteiger partial charge is 0.496 e. The average molecular weight is 234 g/mol. The van der Waals surface area contributed by atoms with Gasteiger partial charge >= 0.3 is 6.03 Å². The van der Waals surface area contributed by atoms with Crippen LogP contribution in [0.15, 0.2) is 18.2 Å². The summed E-state index contributed by atoms with van der Waals surface area (Å²) >= 11 is 0. The van der Waals surface area contributed by atoms with Crippen molar-refractivity contribution in [3.8, 4) is 5.75 Å². The molecule has 1 aromatic rings. The van der Waals surface area contributed by atoms with E-state index in [2.05, 4.69) is 6.07 Å². The Morgan fingerprint density at radius 2 is 2.18 bits per heavy atom. The van der Waals surface area contributed by atoms with E-state index in [1.54, 1.807) is 26.1 Å². The molecule has 1 aliphatic rings. The van der Waals surface area contributed by atoms with Gasteiger partial charge in [-0.05, 0) is 18.1 Å². The van der Waals surface area contributed by atoms with Crippen LogP contribution in [0.3, 0.4) is 0 Å². The molecular formula is C13H18N2O2. The first kappa shape index (κ1) is 11.8. The minimum Gasteiger partial charge on any atom is -0.496 e. The van der Waals surface area contributed by atoms with E-state index in [0.29, 0.717) is 6.54 Å². The summed E-state index contributed by atoms with van der Waals surface area (Å²) in [4.78, 5) is 15.4. The zero-order valence-corrected chi connectivity index (χ0v) is 10.6. The van der Waals surface area contributed by atoms with Crippen LogP contribution in [0.2, 0.25) is 0 Å². The van der Waals surface area contributed by atoms with Crippen LogP contribution < -0.4 is 4.74 Å². The maximum absolute atomic E-state index is 11.9.